The highest BCUT2D eigenvalue weighted by atomic mass is 19.3. The Bertz CT molecular complexity index is 193. The second kappa shape index (κ2) is 5.94. The quantitative estimate of drug-likeness (QED) is 0.750. The van der Waals surface area contributed by atoms with Crippen LogP contribution in [0.1, 0.15) is 39.0 Å². The standard InChI is InChI=1S/C10H18F2N2/c1-8(7-9(11)12)14-10-5-3-2-4-6-13-10/h8-9H,2-7H2,1H3,(H,13,14). The molecule has 1 aliphatic heterocycles. The minimum Gasteiger partial charge on any atom is -0.371 e. The molecule has 0 saturated carbocycles. The molecule has 4 heteroatoms. The lowest BCUT2D eigenvalue weighted by atomic mass is 10.2. The van der Waals surface area contributed by atoms with Gasteiger partial charge >= 0.3 is 0 Å². The lowest BCUT2D eigenvalue weighted by Crippen LogP contribution is -2.33. The van der Waals surface area contributed by atoms with Crippen LogP contribution in [0, 0.1) is 0 Å². The van der Waals surface area contributed by atoms with Crippen LogP contribution < -0.4 is 5.32 Å². The molecule has 0 amide bonds. The van der Waals surface area contributed by atoms with Gasteiger partial charge in [0.15, 0.2) is 0 Å². The summed E-state index contributed by atoms with van der Waals surface area (Å²) in [4.78, 5) is 4.33. The lowest BCUT2D eigenvalue weighted by Gasteiger charge is -2.15. The third-order valence-corrected chi connectivity index (χ3v) is 2.32. The molecule has 1 N–H and O–H groups in total. The first-order chi connectivity index (χ1) is 6.68. The van der Waals surface area contributed by atoms with Crippen molar-refractivity contribution in [3.05, 3.63) is 0 Å². The van der Waals surface area contributed by atoms with Crippen LogP contribution in [-0.2, 0) is 0 Å². The zero-order valence-electron chi connectivity index (χ0n) is 8.60. The summed E-state index contributed by atoms with van der Waals surface area (Å²) < 4.78 is 24.1. The van der Waals surface area contributed by atoms with Crippen LogP contribution in [0.3, 0.4) is 0 Å². The van der Waals surface area contributed by atoms with Gasteiger partial charge in [-0.2, -0.15) is 0 Å². The highest BCUT2D eigenvalue weighted by molar-refractivity contribution is 5.82. The fraction of sp³-hybridized carbons (Fsp3) is 0.900. The topological polar surface area (TPSA) is 24.4 Å². The Hall–Kier alpha value is -0.670. The van der Waals surface area contributed by atoms with Crippen molar-refractivity contribution in [2.45, 2.75) is 51.5 Å². The number of alkyl halides is 2. The van der Waals surface area contributed by atoms with Crippen molar-refractivity contribution in [1.82, 2.24) is 5.32 Å². The van der Waals surface area contributed by atoms with E-state index in [1.54, 1.807) is 6.92 Å². The maximum Gasteiger partial charge on any atom is 0.240 e. The predicted molar refractivity (Wildman–Crippen MR) is 54.0 cm³/mol. The Morgan fingerprint density at radius 1 is 1.36 bits per heavy atom. The Morgan fingerprint density at radius 3 is 2.86 bits per heavy atom. The van der Waals surface area contributed by atoms with Gasteiger partial charge < -0.3 is 5.32 Å². The molecule has 1 unspecified atom stereocenters. The SMILES string of the molecule is CC(CC(F)F)NC1=NCCCCC1. The van der Waals surface area contributed by atoms with E-state index in [1.165, 1.54) is 6.42 Å². The third kappa shape index (κ3) is 4.53. The maximum absolute atomic E-state index is 12.0. The summed E-state index contributed by atoms with van der Waals surface area (Å²) in [5.74, 6) is 0.913. The molecule has 0 aromatic rings. The van der Waals surface area contributed by atoms with Crippen LogP contribution in [0.4, 0.5) is 8.78 Å². The van der Waals surface area contributed by atoms with E-state index in [4.69, 9.17) is 0 Å². The first-order valence-corrected chi connectivity index (χ1v) is 5.26. The number of aliphatic imine (C=N–C) groups is 1. The van der Waals surface area contributed by atoms with Crippen molar-refractivity contribution in [3.8, 4) is 0 Å². The van der Waals surface area contributed by atoms with E-state index in [0.717, 1.165) is 31.6 Å². The van der Waals surface area contributed by atoms with Crippen LogP contribution in [0.5, 0.6) is 0 Å². The maximum atomic E-state index is 12.0. The first kappa shape index (κ1) is 11.4. The molecule has 2 nitrogen and oxygen atoms in total. The number of nitrogens with zero attached hydrogens (tertiary/aromatic N) is 1. The fourth-order valence-electron chi connectivity index (χ4n) is 1.60. The summed E-state index contributed by atoms with van der Waals surface area (Å²) in [7, 11) is 0. The zero-order valence-corrected chi connectivity index (χ0v) is 8.60. The van der Waals surface area contributed by atoms with Gasteiger partial charge in [0.2, 0.25) is 6.43 Å². The highest BCUT2D eigenvalue weighted by Gasteiger charge is 2.12. The molecule has 0 fully saturated rings. The second-order valence-corrected chi connectivity index (χ2v) is 3.81. The van der Waals surface area contributed by atoms with Crippen LogP contribution in [0.25, 0.3) is 0 Å². The molecular weight excluding hydrogens is 186 g/mol. The average Bonchev–Trinajstić information content (AvgIpc) is 2.31. The van der Waals surface area contributed by atoms with Crippen molar-refractivity contribution in [3.63, 3.8) is 0 Å². The van der Waals surface area contributed by atoms with Crippen molar-refractivity contribution in [2.75, 3.05) is 6.54 Å². The molecule has 82 valence electrons. The van der Waals surface area contributed by atoms with E-state index >= 15 is 0 Å². The molecule has 0 aliphatic carbocycles. The summed E-state index contributed by atoms with van der Waals surface area (Å²) in [6, 6.07) is -0.174. The fourth-order valence-corrected chi connectivity index (χ4v) is 1.60. The second-order valence-electron chi connectivity index (χ2n) is 3.81. The summed E-state index contributed by atoms with van der Waals surface area (Å²) >= 11 is 0. The minimum absolute atomic E-state index is 0.0982. The van der Waals surface area contributed by atoms with E-state index in [9.17, 15) is 8.78 Å². The Kier molecular flexibility index (Phi) is 4.84. The van der Waals surface area contributed by atoms with Gasteiger partial charge in [-0.3, -0.25) is 4.99 Å². The Labute approximate surface area is 83.8 Å². The summed E-state index contributed by atoms with van der Waals surface area (Å²) in [5, 5.41) is 3.06. The molecule has 0 radical (unpaired) electrons. The van der Waals surface area contributed by atoms with Gasteiger partial charge in [0.05, 0.1) is 5.84 Å². The number of halogens is 2. The smallest absolute Gasteiger partial charge is 0.240 e. The molecule has 0 bridgehead atoms. The van der Waals surface area contributed by atoms with E-state index in [-0.39, 0.29) is 12.5 Å². The Morgan fingerprint density at radius 2 is 2.14 bits per heavy atom. The largest absolute Gasteiger partial charge is 0.371 e. The number of nitrogens with one attached hydrogen (secondary N) is 1. The van der Waals surface area contributed by atoms with Gasteiger partial charge in [0.1, 0.15) is 0 Å². The summed E-state index contributed by atoms with van der Waals surface area (Å²) in [6.07, 6.45) is 2.01. The molecular formula is C10H18F2N2. The summed E-state index contributed by atoms with van der Waals surface area (Å²) in [6.45, 7) is 2.61. The number of hydrogen-bond donors (Lipinski definition) is 1. The van der Waals surface area contributed by atoms with Crippen LogP contribution >= 0.6 is 0 Å². The van der Waals surface area contributed by atoms with Gasteiger partial charge in [-0.05, 0) is 19.8 Å². The summed E-state index contributed by atoms with van der Waals surface area (Å²) in [5.41, 5.74) is 0. The number of amidine groups is 1. The molecule has 1 aliphatic rings. The molecule has 0 aromatic carbocycles. The molecule has 1 rings (SSSR count). The van der Waals surface area contributed by atoms with Crippen molar-refractivity contribution in [1.29, 1.82) is 0 Å². The van der Waals surface area contributed by atoms with Gasteiger partial charge in [-0.15, -0.1) is 0 Å². The normalized spacial score (nSPS) is 20.1. The molecule has 0 saturated heterocycles. The van der Waals surface area contributed by atoms with Crippen molar-refractivity contribution >= 4 is 5.84 Å². The lowest BCUT2D eigenvalue weighted by molar-refractivity contribution is 0.128. The van der Waals surface area contributed by atoms with Crippen molar-refractivity contribution < 1.29 is 8.78 Å². The predicted octanol–water partition coefficient (Wildman–Crippen LogP) is 2.59. The van der Waals surface area contributed by atoms with Crippen LogP contribution in [0.2, 0.25) is 0 Å². The minimum atomic E-state index is -2.23. The van der Waals surface area contributed by atoms with E-state index in [2.05, 4.69) is 10.3 Å². The van der Waals surface area contributed by atoms with Gasteiger partial charge in [0, 0.05) is 25.4 Å². The average molecular weight is 204 g/mol. The van der Waals surface area contributed by atoms with Gasteiger partial charge in [0.25, 0.3) is 0 Å². The highest BCUT2D eigenvalue weighted by Crippen LogP contribution is 2.08. The van der Waals surface area contributed by atoms with Crippen LogP contribution in [-0.4, -0.2) is 24.8 Å². The molecule has 1 atom stereocenters. The monoisotopic (exact) mass is 204 g/mol. The molecule has 1 heterocycles. The Balaban J connectivity index is 2.30. The van der Waals surface area contributed by atoms with E-state index < -0.39 is 6.43 Å². The van der Waals surface area contributed by atoms with Gasteiger partial charge in [-0.1, -0.05) is 6.42 Å². The zero-order chi connectivity index (χ0) is 10.4. The first-order valence-electron chi connectivity index (χ1n) is 5.26. The molecule has 0 aromatic heterocycles. The number of rotatable bonds is 3. The molecule has 14 heavy (non-hydrogen) atoms. The van der Waals surface area contributed by atoms with E-state index in [1.807, 2.05) is 0 Å². The van der Waals surface area contributed by atoms with Crippen molar-refractivity contribution in [2.24, 2.45) is 4.99 Å². The third-order valence-electron chi connectivity index (χ3n) is 2.32. The number of hydrogen-bond acceptors (Lipinski definition) is 2. The van der Waals surface area contributed by atoms with Crippen LogP contribution in [0.15, 0.2) is 4.99 Å². The van der Waals surface area contributed by atoms with E-state index in [0.29, 0.717) is 0 Å². The van der Waals surface area contributed by atoms with Gasteiger partial charge in [-0.25, -0.2) is 8.78 Å². The molecule has 0 spiro atoms.